The van der Waals surface area contributed by atoms with E-state index in [1.807, 2.05) is 0 Å². The minimum Gasteiger partial charge on any atom is -0.458 e. The number of fused-ring (bicyclic) bond motifs is 6. The first kappa shape index (κ1) is 17.0. The Bertz CT molecular complexity index is 708. The molecule has 26 heavy (non-hydrogen) atoms. The Labute approximate surface area is 156 Å². The van der Waals surface area contributed by atoms with Crippen LogP contribution < -0.4 is 0 Å². The zero-order valence-electron chi connectivity index (χ0n) is 16.3. The molecule has 8 atom stereocenters. The smallest absolute Gasteiger partial charge is 0.306 e. The van der Waals surface area contributed by atoms with Crippen molar-refractivity contribution in [2.24, 2.45) is 34.5 Å². The van der Waals surface area contributed by atoms with Crippen LogP contribution >= 0.6 is 0 Å². The van der Waals surface area contributed by atoms with Crippen molar-refractivity contribution in [3.05, 3.63) is 23.8 Å². The molecule has 1 saturated heterocycles. The summed E-state index contributed by atoms with van der Waals surface area (Å²) in [5.74, 6) is 1.81. The van der Waals surface area contributed by atoms with E-state index in [-0.39, 0.29) is 28.5 Å². The maximum Gasteiger partial charge on any atom is 0.306 e. The molecule has 1 heterocycles. The van der Waals surface area contributed by atoms with Crippen LogP contribution in [-0.4, -0.2) is 22.8 Å². The quantitative estimate of drug-likeness (QED) is 0.654. The van der Waals surface area contributed by atoms with E-state index >= 15 is 0 Å². The van der Waals surface area contributed by atoms with Crippen LogP contribution in [0.2, 0.25) is 0 Å². The van der Waals surface area contributed by atoms with Gasteiger partial charge in [0, 0.05) is 17.8 Å². The number of rotatable bonds is 0. The minimum atomic E-state index is -0.327. The number of ether oxygens (including phenoxy) is 1. The number of hydrogen-bond donors (Lipinski definition) is 1. The first-order chi connectivity index (χ1) is 12.3. The van der Waals surface area contributed by atoms with Crippen LogP contribution in [0.5, 0.6) is 0 Å². The fraction of sp³-hybridized carbons (Fsp3) is 0.783. The molecule has 3 heteroatoms. The van der Waals surface area contributed by atoms with Crippen molar-refractivity contribution in [2.75, 3.05) is 0 Å². The molecule has 6 unspecified atom stereocenters. The second-order valence-corrected chi connectivity index (χ2v) is 10.3. The molecular formula is C23H32O3. The van der Waals surface area contributed by atoms with E-state index in [4.69, 9.17) is 4.74 Å². The van der Waals surface area contributed by atoms with Crippen molar-refractivity contribution in [1.29, 1.82) is 0 Å². The molecule has 2 saturated carbocycles. The Morgan fingerprint density at radius 3 is 2.73 bits per heavy atom. The van der Waals surface area contributed by atoms with Crippen LogP contribution in [0.3, 0.4) is 0 Å². The van der Waals surface area contributed by atoms with Gasteiger partial charge < -0.3 is 9.84 Å². The molecule has 1 N–H and O–H groups in total. The standard InChI is InChI=1S/C23H32O3/c1-14-6-9-21(2)15(12-14)4-5-16-17-7-10-23(11-8-19(25)26-23)22(17,3)13-18(24)20(16)21/h4-5,12,14,16-18,20,24H,6-11,13H2,1-3H3/t14?,16?,17?,18-,20?,21?,22?,23-/m1/s1. The van der Waals surface area contributed by atoms with Gasteiger partial charge in [-0.25, -0.2) is 0 Å². The summed E-state index contributed by atoms with van der Waals surface area (Å²) in [5.41, 5.74) is 1.12. The Morgan fingerprint density at radius 1 is 1.19 bits per heavy atom. The third kappa shape index (κ3) is 1.96. The average Bonchev–Trinajstić information content (AvgIpc) is 3.09. The number of aliphatic hydroxyl groups is 1. The largest absolute Gasteiger partial charge is 0.458 e. The first-order valence-corrected chi connectivity index (χ1v) is 10.6. The van der Waals surface area contributed by atoms with Gasteiger partial charge in [0.2, 0.25) is 0 Å². The zero-order chi connectivity index (χ0) is 18.3. The molecule has 1 aliphatic heterocycles. The predicted octanol–water partition coefficient (Wildman–Crippen LogP) is 4.41. The maximum atomic E-state index is 11.9. The lowest BCUT2D eigenvalue weighted by molar-refractivity contribution is -0.177. The highest BCUT2D eigenvalue weighted by Gasteiger charge is 2.68. The number of carbonyl (C=O) groups is 1. The highest BCUT2D eigenvalue weighted by Crippen LogP contribution is 2.68. The van der Waals surface area contributed by atoms with Crippen LogP contribution in [0, 0.1) is 34.5 Å². The van der Waals surface area contributed by atoms with Gasteiger partial charge in [-0.1, -0.05) is 39.0 Å². The van der Waals surface area contributed by atoms with E-state index < -0.39 is 0 Å². The number of aliphatic hydroxyl groups excluding tert-OH is 1. The second kappa shape index (κ2) is 5.25. The van der Waals surface area contributed by atoms with Crippen molar-refractivity contribution in [1.82, 2.24) is 0 Å². The van der Waals surface area contributed by atoms with Crippen molar-refractivity contribution in [2.45, 2.75) is 77.4 Å². The molecule has 0 aromatic heterocycles. The summed E-state index contributed by atoms with van der Waals surface area (Å²) >= 11 is 0. The van der Waals surface area contributed by atoms with E-state index in [9.17, 15) is 9.90 Å². The van der Waals surface area contributed by atoms with E-state index in [2.05, 4.69) is 39.0 Å². The number of carbonyl (C=O) groups excluding carboxylic acids is 1. The van der Waals surface area contributed by atoms with Gasteiger partial charge in [0.05, 0.1) is 6.10 Å². The predicted molar refractivity (Wildman–Crippen MR) is 100 cm³/mol. The van der Waals surface area contributed by atoms with Crippen LogP contribution in [0.15, 0.2) is 23.8 Å². The normalized spacial score (nSPS) is 55.2. The Balaban J connectivity index is 1.57. The van der Waals surface area contributed by atoms with Gasteiger partial charge in [-0.15, -0.1) is 0 Å². The summed E-state index contributed by atoms with van der Waals surface area (Å²) < 4.78 is 5.97. The lowest BCUT2D eigenvalue weighted by Gasteiger charge is -2.59. The molecule has 3 nitrogen and oxygen atoms in total. The number of allylic oxidation sites excluding steroid dienone is 4. The molecular weight excluding hydrogens is 324 g/mol. The molecule has 142 valence electrons. The molecule has 0 radical (unpaired) electrons. The Morgan fingerprint density at radius 2 is 2.00 bits per heavy atom. The molecule has 5 rings (SSSR count). The van der Waals surface area contributed by atoms with Crippen molar-refractivity contribution in [3.63, 3.8) is 0 Å². The molecule has 3 fully saturated rings. The molecule has 0 bridgehead atoms. The van der Waals surface area contributed by atoms with Gasteiger partial charge in [-0.3, -0.25) is 4.79 Å². The summed E-state index contributed by atoms with van der Waals surface area (Å²) in [4.78, 5) is 11.9. The second-order valence-electron chi connectivity index (χ2n) is 10.3. The van der Waals surface area contributed by atoms with Crippen LogP contribution in [0.1, 0.15) is 65.7 Å². The highest BCUT2D eigenvalue weighted by molar-refractivity contribution is 5.72. The fourth-order valence-corrected chi connectivity index (χ4v) is 7.73. The van der Waals surface area contributed by atoms with E-state index in [1.165, 1.54) is 18.4 Å². The lowest BCUT2D eigenvalue weighted by atomic mass is 9.47. The highest BCUT2D eigenvalue weighted by atomic mass is 16.6. The fourth-order valence-electron chi connectivity index (χ4n) is 7.73. The summed E-state index contributed by atoms with van der Waals surface area (Å²) in [6, 6.07) is 0. The van der Waals surface area contributed by atoms with Gasteiger partial charge in [0.15, 0.2) is 0 Å². The third-order valence-electron chi connectivity index (χ3n) is 9.16. The topological polar surface area (TPSA) is 46.5 Å². The first-order valence-electron chi connectivity index (χ1n) is 10.6. The Hall–Kier alpha value is -1.09. The third-order valence-corrected chi connectivity index (χ3v) is 9.16. The van der Waals surface area contributed by atoms with E-state index in [0.29, 0.717) is 30.1 Å². The zero-order valence-corrected chi connectivity index (χ0v) is 16.3. The molecule has 0 amide bonds. The van der Waals surface area contributed by atoms with Gasteiger partial charge in [-0.2, -0.15) is 0 Å². The molecule has 4 aliphatic carbocycles. The van der Waals surface area contributed by atoms with Gasteiger partial charge in [-0.05, 0) is 67.3 Å². The van der Waals surface area contributed by atoms with E-state index in [0.717, 1.165) is 25.7 Å². The van der Waals surface area contributed by atoms with Crippen LogP contribution in [-0.2, 0) is 9.53 Å². The summed E-state index contributed by atoms with van der Waals surface area (Å²) in [5, 5.41) is 11.4. The monoisotopic (exact) mass is 356 g/mol. The van der Waals surface area contributed by atoms with Crippen molar-refractivity contribution >= 4 is 5.97 Å². The van der Waals surface area contributed by atoms with Gasteiger partial charge >= 0.3 is 5.97 Å². The van der Waals surface area contributed by atoms with Gasteiger partial charge in [0.1, 0.15) is 5.60 Å². The van der Waals surface area contributed by atoms with E-state index in [1.54, 1.807) is 0 Å². The average molecular weight is 357 g/mol. The van der Waals surface area contributed by atoms with Gasteiger partial charge in [0.25, 0.3) is 0 Å². The molecule has 0 aromatic carbocycles. The molecule has 0 aromatic rings. The van der Waals surface area contributed by atoms with Crippen LogP contribution in [0.4, 0.5) is 0 Å². The summed E-state index contributed by atoms with van der Waals surface area (Å²) in [6.07, 6.45) is 13.5. The molecule has 5 aliphatic rings. The van der Waals surface area contributed by atoms with Crippen LogP contribution in [0.25, 0.3) is 0 Å². The number of esters is 1. The molecule has 1 spiro atoms. The minimum absolute atomic E-state index is 0.0406. The Kier molecular flexibility index (Phi) is 3.44. The van der Waals surface area contributed by atoms with Crippen molar-refractivity contribution in [3.8, 4) is 0 Å². The maximum absolute atomic E-state index is 11.9. The number of hydrogen-bond acceptors (Lipinski definition) is 3. The summed E-state index contributed by atoms with van der Waals surface area (Å²) in [7, 11) is 0. The summed E-state index contributed by atoms with van der Waals surface area (Å²) in [6.45, 7) is 6.99. The SMILES string of the molecule is CC1C=C2C=CC3C([C@H](O)CC4(C)C3CC[C@@]43CCC(=O)O3)C2(C)CC1. The van der Waals surface area contributed by atoms with Crippen molar-refractivity contribution < 1.29 is 14.6 Å². The lowest BCUT2D eigenvalue weighted by Crippen LogP contribution is -2.58.